The lowest BCUT2D eigenvalue weighted by molar-refractivity contribution is -0.119. The molecule has 3 aromatic rings. The van der Waals surface area contributed by atoms with Crippen molar-refractivity contribution in [2.45, 2.75) is 23.3 Å². The van der Waals surface area contributed by atoms with Crippen LogP contribution in [0.1, 0.15) is 23.2 Å². The highest BCUT2D eigenvalue weighted by Gasteiger charge is 2.17. The Hall–Kier alpha value is -2.49. The molecule has 0 radical (unpaired) electrons. The summed E-state index contributed by atoms with van der Waals surface area (Å²) in [4.78, 5) is 24.6. The Morgan fingerprint density at radius 2 is 2.03 bits per heavy atom. The first kappa shape index (κ1) is 19.8. The van der Waals surface area contributed by atoms with Crippen molar-refractivity contribution in [2.24, 2.45) is 0 Å². The van der Waals surface area contributed by atoms with Gasteiger partial charge in [0.25, 0.3) is 5.91 Å². The van der Waals surface area contributed by atoms with Gasteiger partial charge in [-0.25, -0.2) is 0 Å². The van der Waals surface area contributed by atoms with Crippen LogP contribution in [0.15, 0.2) is 46.8 Å². The van der Waals surface area contributed by atoms with E-state index in [0.717, 1.165) is 30.2 Å². The molecule has 2 amide bonds. The minimum Gasteiger partial charge on any atom is -0.376 e. The summed E-state index contributed by atoms with van der Waals surface area (Å²) in [7, 11) is 0. The average Bonchev–Trinajstić information content (AvgIpc) is 3.42. The number of rotatable bonds is 7. The van der Waals surface area contributed by atoms with Crippen LogP contribution >= 0.6 is 23.1 Å². The number of aromatic nitrogens is 2. The second-order valence-electron chi connectivity index (χ2n) is 6.58. The van der Waals surface area contributed by atoms with Crippen molar-refractivity contribution in [3.8, 4) is 0 Å². The Morgan fingerprint density at radius 3 is 2.90 bits per heavy atom. The molecule has 4 rings (SSSR count). The lowest BCUT2D eigenvalue weighted by Crippen LogP contribution is -2.32. The number of benzene rings is 2. The fraction of sp³-hybridized carbons (Fsp3) is 0.300. The molecule has 1 aliphatic rings. The quantitative estimate of drug-likeness (QED) is 0.443. The molecule has 1 atom stereocenters. The van der Waals surface area contributed by atoms with Crippen LogP contribution in [-0.4, -0.2) is 47.0 Å². The number of thioether (sulfide) groups is 1. The van der Waals surface area contributed by atoms with Gasteiger partial charge in [-0.1, -0.05) is 59.5 Å². The number of nitrogens with zero attached hydrogens (tertiary/aromatic N) is 2. The van der Waals surface area contributed by atoms with E-state index in [1.165, 1.54) is 23.1 Å². The van der Waals surface area contributed by atoms with Crippen molar-refractivity contribution >= 4 is 50.8 Å². The van der Waals surface area contributed by atoms with Gasteiger partial charge in [-0.05, 0) is 29.7 Å². The van der Waals surface area contributed by atoms with Gasteiger partial charge in [0.1, 0.15) is 0 Å². The Labute approximate surface area is 176 Å². The summed E-state index contributed by atoms with van der Waals surface area (Å²) in [5.41, 5.74) is 0.584. The number of ether oxygens (including phenoxy) is 1. The molecular formula is C20H20N4O3S2. The van der Waals surface area contributed by atoms with Crippen LogP contribution in [0.3, 0.4) is 0 Å². The summed E-state index contributed by atoms with van der Waals surface area (Å²) in [5, 5.41) is 16.0. The Kier molecular flexibility index (Phi) is 6.38. The minimum atomic E-state index is -0.233. The fourth-order valence-electron chi connectivity index (χ4n) is 3.12. The third-order valence-electron chi connectivity index (χ3n) is 4.54. The molecule has 1 saturated heterocycles. The molecular weight excluding hydrogens is 408 g/mol. The van der Waals surface area contributed by atoms with Gasteiger partial charge in [0.05, 0.1) is 11.9 Å². The summed E-state index contributed by atoms with van der Waals surface area (Å²) in [5.74, 6) is -0.0515. The Morgan fingerprint density at radius 1 is 1.17 bits per heavy atom. The SMILES string of the molecule is O=C(CSc1nnc(NC(=O)c2cccc3ccccc23)s1)NCC1CCCO1. The highest BCUT2D eigenvalue weighted by Crippen LogP contribution is 2.26. The van der Waals surface area contributed by atoms with Crippen LogP contribution < -0.4 is 10.6 Å². The lowest BCUT2D eigenvalue weighted by atomic mass is 10.0. The average molecular weight is 429 g/mol. The first-order valence-electron chi connectivity index (χ1n) is 9.33. The standard InChI is InChI=1S/C20H20N4O3S2/c25-17(21-11-14-7-4-10-27-14)12-28-20-24-23-19(29-20)22-18(26)16-9-3-6-13-5-1-2-8-15(13)16/h1-3,5-6,8-9,14H,4,7,10-12H2,(H,21,25)(H,22,23,26). The molecule has 29 heavy (non-hydrogen) atoms. The molecule has 1 aliphatic heterocycles. The number of fused-ring (bicyclic) bond motifs is 1. The molecule has 9 heteroatoms. The van der Waals surface area contributed by atoms with Crippen LogP contribution in [0.5, 0.6) is 0 Å². The molecule has 7 nitrogen and oxygen atoms in total. The van der Waals surface area contributed by atoms with E-state index in [1.807, 2.05) is 36.4 Å². The van der Waals surface area contributed by atoms with Gasteiger partial charge in [0.2, 0.25) is 11.0 Å². The maximum Gasteiger partial charge on any atom is 0.258 e. The van der Waals surface area contributed by atoms with Crippen molar-refractivity contribution in [1.82, 2.24) is 15.5 Å². The molecule has 2 heterocycles. The summed E-state index contributed by atoms with van der Waals surface area (Å²) in [6.07, 6.45) is 2.16. The molecule has 1 unspecified atom stereocenters. The van der Waals surface area contributed by atoms with Gasteiger partial charge in [-0.3, -0.25) is 14.9 Å². The predicted octanol–water partition coefficient (Wildman–Crippen LogP) is 3.33. The zero-order valence-corrected chi connectivity index (χ0v) is 17.2. The van der Waals surface area contributed by atoms with E-state index in [-0.39, 0.29) is 23.7 Å². The number of carbonyl (C=O) groups is 2. The van der Waals surface area contributed by atoms with Gasteiger partial charge in [0, 0.05) is 18.7 Å². The maximum absolute atomic E-state index is 12.7. The van der Waals surface area contributed by atoms with E-state index in [9.17, 15) is 9.59 Å². The number of amides is 2. The number of carbonyl (C=O) groups excluding carboxylic acids is 2. The molecule has 0 saturated carbocycles. The van der Waals surface area contributed by atoms with Crippen LogP contribution in [0.2, 0.25) is 0 Å². The zero-order chi connectivity index (χ0) is 20.1. The number of nitrogens with one attached hydrogen (secondary N) is 2. The van der Waals surface area contributed by atoms with Crippen molar-refractivity contribution in [3.63, 3.8) is 0 Å². The molecule has 0 bridgehead atoms. The van der Waals surface area contributed by atoms with Gasteiger partial charge < -0.3 is 10.1 Å². The Balaban J connectivity index is 1.30. The summed E-state index contributed by atoms with van der Waals surface area (Å²) in [6.45, 7) is 1.31. The van der Waals surface area contributed by atoms with Gasteiger partial charge in [0.15, 0.2) is 4.34 Å². The molecule has 2 N–H and O–H groups in total. The highest BCUT2D eigenvalue weighted by molar-refractivity contribution is 8.01. The van der Waals surface area contributed by atoms with E-state index in [2.05, 4.69) is 20.8 Å². The number of hydrogen-bond donors (Lipinski definition) is 2. The topological polar surface area (TPSA) is 93.2 Å². The van der Waals surface area contributed by atoms with Crippen molar-refractivity contribution < 1.29 is 14.3 Å². The second kappa shape index (κ2) is 9.34. The van der Waals surface area contributed by atoms with Gasteiger partial charge >= 0.3 is 0 Å². The predicted molar refractivity (Wildman–Crippen MR) is 115 cm³/mol. The van der Waals surface area contributed by atoms with Crippen LogP contribution in [-0.2, 0) is 9.53 Å². The summed E-state index contributed by atoms with van der Waals surface area (Å²) in [6, 6.07) is 13.3. The minimum absolute atomic E-state index is 0.0676. The molecule has 150 valence electrons. The molecule has 1 aromatic heterocycles. The van der Waals surface area contributed by atoms with Crippen LogP contribution in [0.25, 0.3) is 10.8 Å². The highest BCUT2D eigenvalue weighted by atomic mass is 32.2. The number of anilines is 1. The normalized spacial score (nSPS) is 16.1. The summed E-state index contributed by atoms with van der Waals surface area (Å²) < 4.78 is 6.12. The largest absolute Gasteiger partial charge is 0.376 e. The third-order valence-corrected chi connectivity index (χ3v) is 6.51. The van der Waals surface area contributed by atoms with Crippen molar-refractivity contribution in [2.75, 3.05) is 24.2 Å². The van der Waals surface area contributed by atoms with E-state index in [1.54, 1.807) is 6.07 Å². The summed E-state index contributed by atoms with van der Waals surface area (Å²) >= 11 is 2.55. The third kappa shape index (κ3) is 5.11. The smallest absolute Gasteiger partial charge is 0.258 e. The maximum atomic E-state index is 12.7. The van der Waals surface area contributed by atoms with E-state index in [0.29, 0.717) is 21.6 Å². The first-order valence-corrected chi connectivity index (χ1v) is 11.1. The van der Waals surface area contributed by atoms with Gasteiger partial charge in [-0.15, -0.1) is 10.2 Å². The Bertz CT molecular complexity index is 1010. The lowest BCUT2D eigenvalue weighted by Gasteiger charge is -2.09. The van der Waals surface area contributed by atoms with E-state index in [4.69, 9.17) is 4.74 Å². The second-order valence-corrected chi connectivity index (χ2v) is 8.78. The molecule has 0 aliphatic carbocycles. The number of hydrogen-bond acceptors (Lipinski definition) is 7. The fourth-order valence-corrected chi connectivity index (χ4v) is 4.69. The van der Waals surface area contributed by atoms with Gasteiger partial charge in [-0.2, -0.15) is 0 Å². The van der Waals surface area contributed by atoms with Crippen LogP contribution in [0, 0.1) is 0 Å². The first-order chi connectivity index (χ1) is 14.2. The van der Waals surface area contributed by atoms with Crippen molar-refractivity contribution in [1.29, 1.82) is 0 Å². The van der Waals surface area contributed by atoms with E-state index < -0.39 is 0 Å². The zero-order valence-electron chi connectivity index (χ0n) is 15.6. The van der Waals surface area contributed by atoms with E-state index >= 15 is 0 Å². The van der Waals surface area contributed by atoms with Crippen LogP contribution in [0.4, 0.5) is 5.13 Å². The molecule has 0 spiro atoms. The molecule has 1 fully saturated rings. The van der Waals surface area contributed by atoms with Crippen molar-refractivity contribution in [3.05, 3.63) is 48.0 Å². The monoisotopic (exact) mass is 428 g/mol. The molecule has 2 aromatic carbocycles.